The van der Waals surface area contributed by atoms with Crippen LogP contribution in [-0.2, 0) is 15.9 Å². The molecule has 180 valence electrons. The van der Waals surface area contributed by atoms with Crippen molar-refractivity contribution < 1.29 is 32.5 Å². The highest BCUT2D eigenvalue weighted by Crippen LogP contribution is 2.23. The Hall–Kier alpha value is -1.31. The number of methoxy groups -OCH3 is 1. The van der Waals surface area contributed by atoms with E-state index in [-0.39, 0.29) is 42.3 Å². The van der Waals surface area contributed by atoms with Crippen LogP contribution < -0.4 is 15.4 Å². The van der Waals surface area contributed by atoms with E-state index in [1.165, 1.54) is 12.1 Å². The van der Waals surface area contributed by atoms with Crippen molar-refractivity contribution in [3.05, 3.63) is 29.8 Å². The molecule has 11 heteroatoms. The molecule has 0 amide bonds. The molecule has 1 aromatic carbocycles. The van der Waals surface area contributed by atoms with Crippen LogP contribution in [0.25, 0.3) is 0 Å². The van der Waals surface area contributed by atoms with E-state index in [0.717, 1.165) is 12.0 Å². The Bertz CT molecular complexity index is 604. The van der Waals surface area contributed by atoms with Crippen molar-refractivity contribution >= 4 is 29.9 Å². The van der Waals surface area contributed by atoms with Gasteiger partial charge in [0, 0.05) is 45.9 Å². The molecular formula is C20H33F3IN3O4. The van der Waals surface area contributed by atoms with E-state index in [0.29, 0.717) is 51.8 Å². The third-order valence-electron chi connectivity index (χ3n) is 3.98. The maximum atomic E-state index is 12.2. The Labute approximate surface area is 198 Å². The van der Waals surface area contributed by atoms with Gasteiger partial charge in [-0.25, -0.2) is 0 Å². The Morgan fingerprint density at radius 2 is 1.84 bits per heavy atom. The molecule has 0 saturated heterocycles. The number of hydrogen-bond donors (Lipinski definition) is 3. The lowest BCUT2D eigenvalue weighted by Crippen LogP contribution is -2.38. The first-order valence-electron chi connectivity index (χ1n) is 9.92. The maximum absolute atomic E-state index is 12.2. The van der Waals surface area contributed by atoms with Crippen LogP contribution in [0.3, 0.4) is 0 Å². The largest absolute Gasteiger partial charge is 0.573 e. The van der Waals surface area contributed by atoms with Crippen molar-refractivity contribution in [2.75, 3.05) is 53.2 Å². The predicted octanol–water partition coefficient (Wildman–Crippen LogP) is 2.96. The number of benzene rings is 1. The summed E-state index contributed by atoms with van der Waals surface area (Å²) >= 11 is 0. The fourth-order valence-corrected chi connectivity index (χ4v) is 2.53. The smallest absolute Gasteiger partial charge is 0.406 e. The first kappa shape index (κ1) is 29.7. The number of hydrogen-bond acceptors (Lipinski definition) is 5. The molecule has 0 bridgehead atoms. The summed E-state index contributed by atoms with van der Waals surface area (Å²) in [6, 6.07) is 5.64. The minimum atomic E-state index is -4.71. The Morgan fingerprint density at radius 1 is 1.13 bits per heavy atom. The monoisotopic (exact) mass is 563 g/mol. The quantitative estimate of drug-likeness (QED) is 0.140. The number of halogens is 4. The molecule has 1 aromatic rings. The summed E-state index contributed by atoms with van der Waals surface area (Å²) in [5, 5.41) is 16.0. The van der Waals surface area contributed by atoms with Gasteiger partial charge in [0.1, 0.15) is 5.75 Å². The molecule has 0 fully saturated rings. The van der Waals surface area contributed by atoms with Crippen molar-refractivity contribution in [3.63, 3.8) is 0 Å². The van der Waals surface area contributed by atoms with Crippen LogP contribution in [0.5, 0.6) is 5.75 Å². The van der Waals surface area contributed by atoms with E-state index in [2.05, 4.69) is 20.4 Å². The number of aliphatic hydroxyl groups is 1. The van der Waals surface area contributed by atoms with Crippen LogP contribution in [0.4, 0.5) is 13.2 Å². The predicted molar refractivity (Wildman–Crippen MR) is 124 cm³/mol. The summed E-state index contributed by atoms with van der Waals surface area (Å²) in [7, 11) is 1.63. The average molecular weight is 563 g/mol. The third kappa shape index (κ3) is 15.2. The molecule has 31 heavy (non-hydrogen) atoms. The number of nitrogens with one attached hydrogen (secondary N) is 2. The molecule has 1 rings (SSSR count). The molecule has 0 aliphatic heterocycles. The van der Waals surface area contributed by atoms with Gasteiger partial charge in [0.05, 0.1) is 13.2 Å². The first-order valence-corrected chi connectivity index (χ1v) is 9.92. The lowest BCUT2D eigenvalue weighted by Gasteiger charge is -2.15. The Balaban J connectivity index is 0.00000900. The topological polar surface area (TPSA) is 84.3 Å². The number of aliphatic imine (C=N–C) groups is 1. The van der Waals surface area contributed by atoms with E-state index in [1.54, 1.807) is 19.2 Å². The summed E-state index contributed by atoms with van der Waals surface area (Å²) in [6.45, 7) is 5.37. The highest BCUT2D eigenvalue weighted by molar-refractivity contribution is 14.0. The molecule has 0 heterocycles. The van der Waals surface area contributed by atoms with Crippen molar-refractivity contribution in [3.8, 4) is 5.75 Å². The van der Waals surface area contributed by atoms with Gasteiger partial charge in [-0.1, -0.05) is 12.1 Å². The maximum Gasteiger partial charge on any atom is 0.573 e. The number of aliphatic hydroxyl groups excluding tert-OH is 1. The minimum absolute atomic E-state index is 0. The number of nitrogens with zero attached hydrogens (tertiary/aromatic N) is 1. The molecule has 0 spiro atoms. The second-order valence-corrected chi connectivity index (χ2v) is 6.55. The van der Waals surface area contributed by atoms with Crippen LogP contribution in [0, 0.1) is 5.92 Å². The van der Waals surface area contributed by atoms with E-state index in [4.69, 9.17) is 9.47 Å². The van der Waals surface area contributed by atoms with E-state index in [1.807, 2.05) is 6.92 Å². The molecule has 0 aliphatic rings. The molecule has 0 saturated carbocycles. The molecule has 0 aromatic heterocycles. The Morgan fingerprint density at radius 3 is 2.42 bits per heavy atom. The van der Waals surface area contributed by atoms with Crippen LogP contribution in [-0.4, -0.2) is 70.6 Å². The fraction of sp³-hybridized carbons (Fsp3) is 0.650. The van der Waals surface area contributed by atoms with Crippen LogP contribution in [0.1, 0.15) is 18.9 Å². The summed E-state index contributed by atoms with van der Waals surface area (Å²) in [6.07, 6.45) is -3.42. The number of rotatable bonds is 14. The number of ether oxygens (including phenoxy) is 3. The zero-order valence-corrected chi connectivity index (χ0v) is 20.2. The molecule has 1 atom stereocenters. The van der Waals surface area contributed by atoms with Gasteiger partial charge in [0.15, 0.2) is 5.96 Å². The van der Waals surface area contributed by atoms with Crippen molar-refractivity contribution in [1.82, 2.24) is 10.6 Å². The second-order valence-electron chi connectivity index (χ2n) is 6.55. The average Bonchev–Trinajstić information content (AvgIpc) is 2.70. The molecule has 0 aliphatic carbocycles. The minimum Gasteiger partial charge on any atom is -0.406 e. The van der Waals surface area contributed by atoms with Gasteiger partial charge in [-0.05, 0) is 37.5 Å². The van der Waals surface area contributed by atoms with Crippen LogP contribution >= 0.6 is 24.0 Å². The normalized spacial score (nSPS) is 12.8. The van der Waals surface area contributed by atoms with Crippen LogP contribution in [0.2, 0.25) is 0 Å². The van der Waals surface area contributed by atoms with E-state index in [9.17, 15) is 18.3 Å². The Kier molecular flexibility index (Phi) is 16.5. The van der Waals surface area contributed by atoms with Gasteiger partial charge >= 0.3 is 6.36 Å². The van der Waals surface area contributed by atoms with Crippen molar-refractivity contribution in [1.29, 1.82) is 0 Å². The highest BCUT2D eigenvalue weighted by Gasteiger charge is 2.30. The summed E-state index contributed by atoms with van der Waals surface area (Å²) in [5.74, 6) is 0.212. The highest BCUT2D eigenvalue weighted by atomic mass is 127. The standard InChI is InChI=1S/C20H32F3N3O4.HI/c1-3-24-19(25-9-4-10-29-12-11-28-2)26-14-17(15-27)13-16-5-7-18(8-6-16)30-20(21,22)23;/h5-8,17,27H,3-4,9-15H2,1-2H3,(H2,24,25,26);1H. The van der Waals surface area contributed by atoms with Gasteiger partial charge in [-0.15, -0.1) is 37.1 Å². The van der Waals surface area contributed by atoms with E-state index >= 15 is 0 Å². The molecular weight excluding hydrogens is 530 g/mol. The van der Waals surface area contributed by atoms with Gasteiger partial charge in [-0.2, -0.15) is 0 Å². The molecule has 7 nitrogen and oxygen atoms in total. The lowest BCUT2D eigenvalue weighted by atomic mass is 10.0. The SMILES string of the molecule is CCNC(=NCC(CO)Cc1ccc(OC(F)(F)F)cc1)NCCCOCCOC.I. The lowest BCUT2D eigenvalue weighted by molar-refractivity contribution is -0.274. The van der Waals surface area contributed by atoms with Gasteiger partial charge in [0.2, 0.25) is 0 Å². The fourth-order valence-electron chi connectivity index (χ4n) is 2.53. The van der Waals surface area contributed by atoms with Gasteiger partial charge in [-0.3, -0.25) is 4.99 Å². The number of alkyl halides is 3. The van der Waals surface area contributed by atoms with Gasteiger partial charge in [0.25, 0.3) is 0 Å². The summed E-state index contributed by atoms with van der Waals surface area (Å²) < 4.78 is 50.9. The van der Waals surface area contributed by atoms with Crippen molar-refractivity contribution in [2.45, 2.75) is 26.1 Å². The second kappa shape index (κ2) is 17.3. The number of guanidine groups is 1. The third-order valence-corrected chi connectivity index (χ3v) is 3.98. The first-order chi connectivity index (χ1) is 14.4. The summed E-state index contributed by atoms with van der Waals surface area (Å²) in [4.78, 5) is 4.49. The molecule has 0 radical (unpaired) electrons. The molecule has 1 unspecified atom stereocenters. The van der Waals surface area contributed by atoms with Crippen molar-refractivity contribution in [2.24, 2.45) is 10.9 Å². The zero-order chi connectivity index (χ0) is 22.2. The summed E-state index contributed by atoms with van der Waals surface area (Å²) in [5.41, 5.74) is 0.796. The zero-order valence-electron chi connectivity index (χ0n) is 17.9. The molecule has 3 N–H and O–H groups in total. The van der Waals surface area contributed by atoms with E-state index < -0.39 is 6.36 Å². The van der Waals surface area contributed by atoms with Gasteiger partial charge < -0.3 is 30.0 Å². The van der Waals surface area contributed by atoms with Crippen LogP contribution in [0.15, 0.2) is 29.3 Å².